The summed E-state index contributed by atoms with van der Waals surface area (Å²) in [6.45, 7) is 26.8. The van der Waals surface area contributed by atoms with Crippen LogP contribution in [0.5, 0.6) is 0 Å². The van der Waals surface area contributed by atoms with Crippen LogP contribution >= 0.6 is 0 Å². The van der Waals surface area contributed by atoms with Gasteiger partial charge in [-0.25, -0.2) is 0 Å². The van der Waals surface area contributed by atoms with Crippen molar-refractivity contribution in [2.45, 2.75) is 188 Å². The number of allylic oxidation sites excluding steroid dienone is 2. The van der Waals surface area contributed by atoms with Crippen LogP contribution in [0, 0.1) is 98.6 Å². The van der Waals surface area contributed by atoms with E-state index in [0.717, 1.165) is 103 Å². The molecule has 1 heterocycles. The van der Waals surface area contributed by atoms with Crippen LogP contribution in [0.1, 0.15) is 182 Å². The first-order valence-electron chi connectivity index (χ1n) is 30.3. The number of ketones is 2. The van der Waals surface area contributed by atoms with Gasteiger partial charge in [-0.05, 0) is 238 Å². The first-order chi connectivity index (χ1) is 36.0. The van der Waals surface area contributed by atoms with Crippen LogP contribution in [0.4, 0.5) is 11.4 Å². The van der Waals surface area contributed by atoms with E-state index in [-0.39, 0.29) is 45.5 Å². The molecule has 2 N–H and O–H groups in total. The predicted molar refractivity (Wildman–Crippen MR) is 307 cm³/mol. The second-order valence-corrected chi connectivity index (χ2v) is 28.6. The van der Waals surface area contributed by atoms with Gasteiger partial charge >= 0.3 is 0 Å². The Kier molecular flexibility index (Phi) is 14.1. The van der Waals surface area contributed by atoms with E-state index < -0.39 is 11.2 Å². The molecule has 408 valence electrons. The van der Waals surface area contributed by atoms with Crippen LogP contribution in [0.3, 0.4) is 0 Å². The van der Waals surface area contributed by atoms with E-state index in [1.807, 2.05) is 12.2 Å². The number of hydrogen-bond donors (Lipinski definition) is 2. The smallest absolute Gasteiger partial charge is 0.155 e. The molecule has 8 aliphatic carbocycles. The van der Waals surface area contributed by atoms with Crippen molar-refractivity contribution >= 4 is 22.9 Å². The van der Waals surface area contributed by atoms with Gasteiger partial charge in [0.2, 0.25) is 0 Å². The lowest BCUT2D eigenvalue weighted by molar-refractivity contribution is -0.118. The maximum atomic E-state index is 13.1. The largest absolute Gasteiger partial charge is 0.378 e. The molecule has 7 nitrogen and oxygen atoms in total. The van der Waals surface area contributed by atoms with Crippen molar-refractivity contribution < 1.29 is 24.5 Å². The highest BCUT2D eigenvalue weighted by Crippen LogP contribution is 2.71. The number of carbonyl (C=O) groups excluding carboxylic acids is 2. The molecular formula is C69H92N2O5. The van der Waals surface area contributed by atoms with Gasteiger partial charge in [0.05, 0.1) is 13.2 Å². The molecule has 1 saturated heterocycles. The molecule has 0 spiro atoms. The van der Waals surface area contributed by atoms with Gasteiger partial charge in [0.1, 0.15) is 11.2 Å². The maximum Gasteiger partial charge on any atom is 0.155 e. The van der Waals surface area contributed by atoms with Crippen molar-refractivity contribution in [1.82, 2.24) is 0 Å². The molecule has 9 aliphatic rings. The number of morpholine rings is 1. The Hall–Kier alpha value is -4.14. The summed E-state index contributed by atoms with van der Waals surface area (Å²) in [6.07, 6.45) is 16.8. The number of carbonyl (C=O) groups is 2. The zero-order valence-corrected chi connectivity index (χ0v) is 48.2. The number of anilines is 2. The van der Waals surface area contributed by atoms with Gasteiger partial charge in [0.25, 0.3) is 0 Å². The Bertz CT molecular complexity index is 2730. The number of rotatable bonds is 8. The third-order valence-corrected chi connectivity index (χ3v) is 22.5. The summed E-state index contributed by atoms with van der Waals surface area (Å²) in [6, 6.07) is 19.2. The van der Waals surface area contributed by atoms with Crippen molar-refractivity contribution in [2.24, 2.45) is 74.9 Å². The van der Waals surface area contributed by atoms with Crippen molar-refractivity contribution in [1.29, 1.82) is 0 Å². The van der Waals surface area contributed by atoms with Crippen molar-refractivity contribution in [3.05, 3.63) is 83.0 Å². The first kappa shape index (κ1) is 53.8. The summed E-state index contributed by atoms with van der Waals surface area (Å²) < 4.78 is 5.67. The van der Waals surface area contributed by atoms with E-state index in [0.29, 0.717) is 78.2 Å². The van der Waals surface area contributed by atoms with Crippen LogP contribution in [0.2, 0.25) is 0 Å². The zero-order valence-electron chi connectivity index (χ0n) is 48.2. The van der Waals surface area contributed by atoms with Crippen molar-refractivity contribution in [3.8, 4) is 23.7 Å². The van der Waals surface area contributed by atoms with E-state index >= 15 is 0 Å². The zero-order chi connectivity index (χ0) is 53.7. The molecule has 1 unspecified atom stereocenters. The summed E-state index contributed by atoms with van der Waals surface area (Å²) >= 11 is 0. The fraction of sp³-hybridized carbons (Fsp3) is 0.681. The van der Waals surface area contributed by atoms with E-state index in [2.05, 4.69) is 151 Å². The predicted octanol–water partition coefficient (Wildman–Crippen LogP) is 13.3. The summed E-state index contributed by atoms with van der Waals surface area (Å²) in [5, 5.41) is 26.0. The number of aliphatic hydroxyl groups is 2. The molecule has 7 fully saturated rings. The fourth-order valence-corrected chi connectivity index (χ4v) is 18.5. The fourth-order valence-electron chi connectivity index (χ4n) is 18.5. The van der Waals surface area contributed by atoms with Gasteiger partial charge in [0.15, 0.2) is 11.6 Å². The van der Waals surface area contributed by atoms with Gasteiger partial charge in [-0.2, -0.15) is 0 Å². The van der Waals surface area contributed by atoms with Gasteiger partial charge in [-0.1, -0.05) is 79.9 Å². The highest BCUT2D eigenvalue weighted by molar-refractivity contribution is 5.92. The number of benzene rings is 2. The molecule has 1 aliphatic heterocycles. The second kappa shape index (κ2) is 19.9. The van der Waals surface area contributed by atoms with Crippen LogP contribution in [-0.2, 0) is 14.3 Å². The number of nitrogens with zero attached hydrogens (tertiary/aromatic N) is 2. The lowest BCUT2D eigenvalue weighted by atomic mass is 9.46. The Morgan fingerprint density at radius 2 is 1.25 bits per heavy atom. The third kappa shape index (κ3) is 9.39. The van der Waals surface area contributed by atoms with Crippen LogP contribution < -0.4 is 9.80 Å². The summed E-state index contributed by atoms with van der Waals surface area (Å²) in [4.78, 5) is 30.5. The Morgan fingerprint density at radius 3 is 1.82 bits per heavy atom. The Labute approximate surface area is 457 Å². The van der Waals surface area contributed by atoms with E-state index in [1.165, 1.54) is 33.6 Å². The molecule has 6 saturated carbocycles. The molecule has 0 aromatic heterocycles. The van der Waals surface area contributed by atoms with Crippen LogP contribution in [-0.4, -0.2) is 71.9 Å². The molecular weight excluding hydrogens is 937 g/mol. The van der Waals surface area contributed by atoms with Gasteiger partial charge in [-0.15, -0.1) is 0 Å². The monoisotopic (exact) mass is 1030 g/mol. The number of hydrogen-bond acceptors (Lipinski definition) is 7. The topological polar surface area (TPSA) is 90.3 Å². The van der Waals surface area contributed by atoms with Gasteiger partial charge < -0.3 is 24.7 Å². The molecule has 76 heavy (non-hydrogen) atoms. The lowest BCUT2D eigenvalue weighted by Crippen LogP contribution is -2.55. The number of ether oxygens (including phenoxy) is 1. The lowest BCUT2D eigenvalue weighted by Gasteiger charge is -2.58. The Balaban J connectivity index is 0.836. The van der Waals surface area contributed by atoms with Crippen molar-refractivity contribution in [3.63, 3.8) is 0 Å². The minimum Gasteiger partial charge on any atom is -0.378 e. The van der Waals surface area contributed by atoms with E-state index in [1.54, 1.807) is 0 Å². The summed E-state index contributed by atoms with van der Waals surface area (Å²) in [5.41, 5.74) is 4.61. The average Bonchev–Trinajstić information content (AvgIpc) is 3.79. The highest BCUT2D eigenvalue weighted by Gasteiger charge is 2.68. The van der Waals surface area contributed by atoms with Crippen molar-refractivity contribution in [2.75, 3.05) is 42.6 Å². The van der Waals surface area contributed by atoms with E-state index in [9.17, 15) is 19.8 Å². The summed E-state index contributed by atoms with van der Waals surface area (Å²) in [7, 11) is 0. The molecule has 0 amide bonds. The van der Waals surface area contributed by atoms with Gasteiger partial charge in [-0.3, -0.25) is 9.59 Å². The molecule has 15 atom stereocenters. The number of fused-ring (bicyclic) bond motifs is 10. The molecule has 11 rings (SSSR count). The minimum atomic E-state index is -1.08. The molecule has 2 aromatic carbocycles. The Morgan fingerprint density at radius 1 is 0.697 bits per heavy atom. The third-order valence-electron chi connectivity index (χ3n) is 22.5. The maximum absolute atomic E-state index is 13.1. The average molecular weight is 1030 g/mol. The molecule has 7 heteroatoms. The second-order valence-electron chi connectivity index (χ2n) is 28.6. The normalized spacial score (nSPS) is 38.9. The molecule has 2 aromatic rings. The SMILES string of the molecule is CC(C)N(CCC(C)(C)C#C[C@]1(O)CC[C@H]2[C@@H]3CCC4=CC(=O)CC[C@@H]4[C@H]3[C@@H](c3ccc(N4CCOCC4)cc3)C[C@@]21C)c1ccc([C@H]2C[C@@]3(C)[C@@H](CC(C)[C@@]3(O)C#CC(C)(C)C)[C@@H]3CCC4=CC(=O)CC[C@@H]4[C@H]32)cc1. The molecule has 0 bridgehead atoms. The van der Waals surface area contributed by atoms with Crippen LogP contribution in [0.15, 0.2) is 71.8 Å². The quantitative estimate of drug-likeness (QED) is 0.255. The first-order valence-corrected chi connectivity index (χ1v) is 30.3. The molecule has 0 radical (unpaired) electrons. The highest BCUT2D eigenvalue weighted by atomic mass is 16.5. The van der Waals surface area contributed by atoms with E-state index in [4.69, 9.17) is 4.74 Å². The standard InChI is InChI=1S/C69H92N2O5/c1-44(2)71(51-19-13-47(14-20-51)59-43-67(10)61(39-45(3)69(67,75)32-29-64(4,5)6)57-24-16-49-41-53(73)22-26-55(49)63(57)59)34-33-65(7,8)30-31-68(74)28-27-60-56-23-15-48-40-52(72)21-25-54(48)62(56)58(42-66(60,68)9)46-11-17-50(18-12-46)70-35-37-76-38-36-70/h11-14,17-20,40-41,44-45,54-63,74-75H,15-16,21-28,33-39,42-43H2,1-10H3/t45?,54-,55-,56-,57-,58+,59+,60-,61-,62+,63+,66-,67-,68+,69-/m0/s1. The summed E-state index contributed by atoms with van der Waals surface area (Å²) in [5.74, 6) is 19.3. The minimum absolute atomic E-state index is 0.0924. The van der Waals surface area contributed by atoms with Gasteiger partial charge in [0, 0.05) is 71.6 Å². The van der Waals surface area contributed by atoms with Crippen LogP contribution in [0.25, 0.3) is 0 Å².